The number of piperazine rings is 1. The maximum Gasteiger partial charge on any atom is 0.410 e. The number of nitrogens with zero attached hydrogens (tertiary/aromatic N) is 9. The van der Waals surface area contributed by atoms with E-state index in [1.807, 2.05) is 68.4 Å². The fourth-order valence-corrected chi connectivity index (χ4v) is 11.3. The average molecular weight is 994 g/mol. The van der Waals surface area contributed by atoms with Crippen LogP contribution in [0.2, 0.25) is 0 Å². The number of nitrogens with one attached hydrogen (secondary N) is 1. The van der Waals surface area contributed by atoms with E-state index in [4.69, 9.17) is 15.0 Å². The Morgan fingerprint density at radius 2 is 1.69 bits per heavy atom. The minimum atomic E-state index is -1.31. The second-order valence-corrected chi connectivity index (χ2v) is 20.6. The molecule has 0 saturated carbocycles. The summed E-state index contributed by atoms with van der Waals surface area (Å²) in [7, 11) is 0. The maximum atomic E-state index is 15.7. The van der Waals surface area contributed by atoms with Crippen LogP contribution in [0.1, 0.15) is 75.4 Å². The van der Waals surface area contributed by atoms with Crippen molar-refractivity contribution < 1.29 is 38.2 Å². The molecule has 0 radical (unpaired) electrons. The summed E-state index contributed by atoms with van der Waals surface area (Å²) in [5.74, 6) is 0.234. The first kappa shape index (κ1) is 49.6. The molecule has 2 aromatic carbocycles. The lowest BCUT2D eigenvalue weighted by Crippen LogP contribution is -2.52. The fourth-order valence-electron chi connectivity index (χ4n) is 10.4. The predicted molar refractivity (Wildman–Crippen MR) is 268 cm³/mol. The SMILES string of the molecule is Cc1ncsc1-c1ccc([C@H](C)NC(=O)[C@@H]2C[C@@H](O)CN2C(=O)[C@@H](c2cc(N3CCC(CN4CC[C@H](OC(=O)N5CCN(c6cc(-c7ccccc7O)nnc6N)CC5)[C@@H](F)C4)CC3)no2)C(C)C)cc1. The summed E-state index contributed by atoms with van der Waals surface area (Å²) in [5, 5.41) is 36.8. The number of ether oxygens (including phenoxy) is 1. The number of carbonyl (C=O) groups excluding carboxylic acids is 3. The second-order valence-electron chi connectivity index (χ2n) is 19.7. The van der Waals surface area contributed by atoms with Crippen molar-refractivity contribution >= 4 is 46.6 Å². The third kappa shape index (κ3) is 11.1. The lowest BCUT2D eigenvalue weighted by atomic mass is 9.91. The highest BCUT2D eigenvalue weighted by atomic mass is 32.1. The van der Waals surface area contributed by atoms with E-state index >= 15 is 4.39 Å². The number of aromatic nitrogens is 4. The van der Waals surface area contributed by atoms with Crippen molar-refractivity contribution in [3.63, 3.8) is 0 Å². The fraction of sp³-hybridized carbons (Fsp3) is 0.510. The number of aliphatic hydroxyl groups is 1. The summed E-state index contributed by atoms with van der Waals surface area (Å²) >= 11 is 1.58. The van der Waals surface area contributed by atoms with E-state index in [-0.39, 0.29) is 54.9 Å². The molecule has 5 aromatic rings. The summed E-state index contributed by atoms with van der Waals surface area (Å²) in [5.41, 5.74) is 12.7. The summed E-state index contributed by atoms with van der Waals surface area (Å²) in [6.45, 7) is 12.4. The summed E-state index contributed by atoms with van der Waals surface area (Å²) in [6.07, 6.45) is -1.23. The Kier molecular flexibility index (Phi) is 15.0. The third-order valence-electron chi connectivity index (χ3n) is 14.5. The summed E-state index contributed by atoms with van der Waals surface area (Å²) < 4.78 is 27.3. The van der Waals surface area contributed by atoms with Gasteiger partial charge in [0.05, 0.1) is 39.6 Å². The minimum Gasteiger partial charge on any atom is -0.507 e. The number of hydrogen-bond acceptors (Lipinski definition) is 16. The molecule has 7 heterocycles. The molecule has 9 rings (SSSR count). The molecule has 20 heteroatoms. The van der Waals surface area contributed by atoms with Crippen LogP contribution in [0.3, 0.4) is 0 Å². The number of aromatic hydroxyl groups is 1. The number of anilines is 3. The zero-order valence-electron chi connectivity index (χ0n) is 40.7. The number of β-amino-alcohol motifs (C(OH)–C–C–N with tert-alkyl or cyclic N) is 1. The number of piperidine rings is 2. The number of phenolic OH excluding ortho intramolecular Hbond substituents is 1. The molecule has 71 heavy (non-hydrogen) atoms. The van der Waals surface area contributed by atoms with Crippen LogP contribution < -0.4 is 20.9 Å². The van der Waals surface area contributed by atoms with Gasteiger partial charge >= 0.3 is 6.09 Å². The highest BCUT2D eigenvalue weighted by Gasteiger charge is 2.44. The van der Waals surface area contributed by atoms with Crippen LogP contribution in [0.4, 0.5) is 26.5 Å². The number of para-hydroxylation sites is 1. The van der Waals surface area contributed by atoms with Gasteiger partial charge in [-0.2, -0.15) is 0 Å². The molecule has 3 aromatic heterocycles. The number of nitrogen functional groups attached to an aromatic ring is 1. The van der Waals surface area contributed by atoms with Gasteiger partial charge in [-0.15, -0.1) is 21.5 Å². The van der Waals surface area contributed by atoms with E-state index in [9.17, 15) is 24.6 Å². The van der Waals surface area contributed by atoms with Crippen LogP contribution in [0, 0.1) is 18.8 Å². The number of aliphatic hydroxyl groups excluding tert-OH is 1. The maximum absolute atomic E-state index is 15.7. The molecule has 0 spiro atoms. The number of carbonyl (C=O) groups is 3. The summed E-state index contributed by atoms with van der Waals surface area (Å²) in [4.78, 5) is 56.2. The standard InChI is InChI=1S/C51H64FN11O7S/c1-30(2)46(50(67)63-27-36(64)23-41(63)49(66)55-31(3)34-9-11-35(12-10-34)47-32(4)54-29-71-47)44-25-45(58-70-44)61-17-13-33(14-18-61)26-59-16-15-43(38(52)28-59)69-51(68)62-21-19-60(20-22-62)40-24-39(56-57-48(40)53)37-7-5-6-8-42(37)65/h5-12,24-25,29-31,33,36,38,41,43,46,64-65H,13-23,26-28H2,1-4H3,(H2,53,57)(H,55,66)/t31-,36+,38-,41-,43-,46+/m0/s1. The van der Waals surface area contributed by atoms with Gasteiger partial charge in [0, 0.05) is 89.9 Å². The van der Waals surface area contributed by atoms with Crippen LogP contribution in [-0.2, 0) is 14.3 Å². The van der Waals surface area contributed by atoms with E-state index in [0.29, 0.717) is 86.7 Å². The molecular weight excluding hydrogens is 930 g/mol. The number of aryl methyl sites for hydroxylation is 1. The van der Waals surface area contributed by atoms with E-state index in [2.05, 4.69) is 35.5 Å². The molecule has 0 bridgehead atoms. The van der Waals surface area contributed by atoms with Gasteiger partial charge in [0.15, 0.2) is 17.4 Å². The minimum absolute atomic E-state index is 0.0458. The van der Waals surface area contributed by atoms with Crippen molar-refractivity contribution in [2.45, 2.75) is 89.8 Å². The molecular formula is C51H64FN11O7S. The lowest BCUT2D eigenvalue weighted by molar-refractivity contribution is -0.141. The molecule has 6 atom stereocenters. The Bertz CT molecular complexity index is 2650. The largest absolute Gasteiger partial charge is 0.507 e. The molecule has 0 unspecified atom stereocenters. The van der Waals surface area contributed by atoms with E-state index in [1.54, 1.807) is 46.6 Å². The smallest absolute Gasteiger partial charge is 0.410 e. The van der Waals surface area contributed by atoms with Gasteiger partial charge in [-0.3, -0.25) is 14.5 Å². The number of benzene rings is 2. The highest BCUT2D eigenvalue weighted by molar-refractivity contribution is 7.13. The molecule has 378 valence electrons. The number of phenols is 1. The van der Waals surface area contributed by atoms with E-state index in [1.165, 1.54) is 4.90 Å². The van der Waals surface area contributed by atoms with Crippen molar-refractivity contribution in [1.29, 1.82) is 0 Å². The molecule has 18 nitrogen and oxygen atoms in total. The van der Waals surface area contributed by atoms with Crippen LogP contribution in [-0.4, -0.2) is 153 Å². The number of hydrogen-bond donors (Lipinski definition) is 4. The van der Waals surface area contributed by atoms with Crippen molar-refractivity contribution in [2.75, 3.05) is 81.0 Å². The van der Waals surface area contributed by atoms with Crippen LogP contribution >= 0.6 is 11.3 Å². The topological polar surface area (TPSA) is 220 Å². The highest BCUT2D eigenvalue weighted by Crippen LogP contribution is 2.36. The molecule has 3 amide bonds. The van der Waals surface area contributed by atoms with Gasteiger partial charge in [0.1, 0.15) is 30.0 Å². The van der Waals surface area contributed by atoms with Crippen LogP contribution in [0.15, 0.2) is 70.7 Å². The quantitative estimate of drug-likeness (QED) is 0.106. The molecule has 4 aliphatic heterocycles. The van der Waals surface area contributed by atoms with Crippen LogP contribution in [0.5, 0.6) is 5.75 Å². The van der Waals surface area contributed by atoms with Gasteiger partial charge in [0.2, 0.25) is 11.8 Å². The monoisotopic (exact) mass is 993 g/mol. The van der Waals surface area contributed by atoms with Gasteiger partial charge < -0.3 is 50.1 Å². The van der Waals surface area contributed by atoms with Crippen molar-refractivity contribution in [1.82, 2.24) is 40.4 Å². The number of rotatable bonds is 13. The number of halogens is 1. The number of likely N-dealkylation sites (tertiary alicyclic amines) is 2. The molecule has 0 aliphatic carbocycles. The van der Waals surface area contributed by atoms with Gasteiger partial charge in [-0.1, -0.05) is 55.4 Å². The lowest BCUT2D eigenvalue weighted by Gasteiger charge is -2.40. The Morgan fingerprint density at radius 1 is 0.944 bits per heavy atom. The van der Waals surface area contributed by atoms with E-state index in [0.717, 1.165) is 41.1 Å². The Morgan fingerprint density at radius 3 is 2.38 bits per heavy atom. The summed E-state index contributed by atoms with van der Waals surface area (Å²) in [6, 6.07) is 17.3. The first-order valence-electron chi connectivity index (χ1n) is 24.7. The number of amides is 3. The van der Waals surface area contributed by atoms with Crippen molar-refractivity contribution in [2.24, 2.45) is 11.8 Å². The molecule has 4 saturated heterocycles. The predicted octanol–water partition coefficient (Wildman–Crippen LogP) is 6.02. The molecule has 4 fully saturated rings. The Labute approximate surface area is 416 Å². The number of nitrogens with two attached hydrogens (primary N) is 1. The van der Waals surface area contributed by atoms with Crippen LogP contribution in [0.25, 0.3) is 21.7 Å². The zero-order valence-corrected chi connectivity index (χ0v) is 41.5. The molecule has 4 aliphatic rings. The Balaban J connectivity index is 0.721. The molecule has 5 N–H and O–H groups in total. The first-order chi connectivity index (χ1) is 34.2. The third-order valence-corrected chi connectivity index (χ3v) is 15.5. The first-order valence-corrected chi connectivity index (χ1v) is 25.6. The zero-order chi connectivity index (χ0) is 49.9. The van der Waals surface area contributed by atoms with E-state index < -0.39 is 36.4 Å². The van der Waals surface area contributed by atoms with Gasteiger partial charge in [0.25, 0.3) is 0 Å². The van der Waals surface area contributed by atoms with Crippen molar-refractivity contribution in [3.8, 4) is 27.4 Å². The number of alkyl halides is 1. The number of thiazole rings is 1. The second kappa shape index (κ2) is 21.5. The van der Waals surface area contributed by atoms with Gasteiger partial charge in [-0.25, -0.2) is 14.2 Å². The normalized spacial score (nSPS) is 22.2. The Hall–Kier alpha value is -6.38. The van der Waals surface area contributed by atoms with Crippen molar-refractivity contribution in [3.05, 3.63) is 83.2 Å². The average Bonchev–Trinajstić information content (AvgIpc) is 4.13. The van der Waals surface area contributed by atoms with Gasteiger partial charge in [-0.05, 0) is 67.9 Å².